The second-order valence-electron chi connectivity index (χ2n) is 7.67. The van der Waals surface area contributed by atoms with Crippen molar-refractivity contribution in [1.29, 1.82) is 0 Å². The van der Waals surface area contributed by atoms with Crippen LogP contribution >= 0.6 is 0 Å². The van der Waals surface area contributed by atoms with Gasteiger partial charge in [-0.1, -0.05) is 25.9 Å². The van der Waals surface area contributed by atoms with E-state index >= 15 is 0 Å². The van der Waals surface area contributed by atoms with Crippen molar-refractivity contribution in [1.82, 2.24) is 10.1 Å². The lowest BCUT2D eigenvalue weighted by molar-refractivity contribution is -0.126. The molecule has 2 saturated heterocycles. The fraction of sp³-hybridized carbons (Fsp3) is 0.765. The summed E-state index contributed by atoms with van der Waals surface area (Å²) in [5.41, 5.74) is 0.762. The summed E-state index contributed by atoms with van der Waals surface area (Å²) in [5.74, 6) is 1.11. The first-order valence-corrected chi connectivity index (χ1v) is 8.53. The fourth-order valence-corrected chi connectivity index (χ4v) is 3.11. The van der Waals surface area contributed by atoms with Crippen molar-refractivity contribution in [3.05, 3.63) is 11.8 Å². The molecule has 2 aliphatic rings. The molecule has 0 radical (unpaired) electrons. The molecule has 3 rings (SSSR count). The quantitative estimate of drug-likeness (QED) is 0.922. The number of carbonyl (C=O) groups excluding carboxylic acids is 1. The van der Waals surface area contributed by atoms with Gasteiger partial charge in [0.15, 0.2) is 0 Å². The van der Waals surface area contributed by atoms with Crippen LogP contribution in [0.25, 0.3) is 0 Å². The third kappa shape index (κ3) is 3.93. The highest BCUT2D eigenvalue weighted by atomic mass is 16.5. The molecule has 23 heavy (non-hydrogen) atoms. The van der Waals surface area contributed by atoms with Crippen molar-refractivity contribution >= 4 is 11.8 Å². The van der Waals surface area contributed by atoms with Gasteiger partial charge in [0, 0.05) is 37.8 Å². The number of hydrogen-bond acceptors (Lipinski definition) is 5. The lowest BCUT2D eigenvalue weighted by atomic mass is 9.92. The van der Waals surface area contributed by atoms with E-state index in [2.05, 4.69) is 36.1 Å². The molecule has 0 bridgehead atoms. The second-order valence-corrected chi connectivity index (χ2v) is 7.67. The Morgan fingerprint density at radius 3 is 2.65 bits per heavy atom. The number of anilines is 1. The Bertz CT molecular complexity index is 544. The average molecular weight is 321 g/mol. The van der Waals surface area contributed by atoms with Gasteiger partial charge in [-0.25, -0.2) is 0 Å². The Hall–Kier alpha value is -1.40. The number of nitrogens with zero attached hydrogens (tertiary/aromatic N) is 2. The topological polar surface area (TPSA) is 67.6 Å². The molecule has 6 heteroatoms. The smallest absolute Gasteiger partial charge is 0.244 e. The zero-order chi connectivity index (χ0) is 16.4. The van der Waals surface area contributed by atoms with E-state index in [1.165, 1.54) is 0 Å². The van der Waals surface area contributed by atoms with E-state index in [4.69, 9.17) is 9.26 Å². The molecule has 128 valence electrons. The van der Waals surface area contributed by atoms with Crippen molar-refractivity contribution in [2.24, 2.45) is 5.92 Å². The largest absolute Gasteiger partial charge is 0.381 e. The van der Waals surface area contributed by atoms with E-state index in [0.717, 1.165) is 51.3 Å². The first kappa shape index (κ1) is 16.5. The Morgan fingerprint density at radius 1 is 1.35 bits per heavy atom. The van der Waals surface area contributed by atoms with Gasteiger partial charge in [-0.3, -0.25) is 15.0 Å². The summed E-state index contributed by atoms with van der Waals surface area (Å²) in [7, 11) is 0. The summed E-state index contributed by atoms with van der Waals surface area (Å²) in [6.45, 7) is 9.89. The number of hydrogen-bond donors (Lipinski definition) is 1. The van der Waals surface area contributed by atoms with Crippen LogP contribution in [0, 0.1) is 5.92 Å². The van der Waals surface area contributed by atoms with E-state index in [1.807, 2.05) is 6.07 Å². The van der Waals surface area contributed by atoms with Gasteiger partial charge in [0.05, 0.1) is 11.7 Å². The number of aromatic nitrogens is 1. The van der Waals surface area contributed by atoms with E-state index < -0.39 is 0 Å². The maximum absolute atomic E-state index is 12.4. The number of amides is 1. The normalized spacial score (nSPS) is 23.5. The third-order valence-corrected chi connectivity index (χ3v) is 4.79. The van der Waals surface area contributed by atoms with Crippen LogP contribution < -0.4 is 5.32 Å². The summed E-state index contributed by atoms with van der Waals surface area (Å²) in [6.07, 6.45) is 3.11. The summed E-state index contributed by atoms with van der Waals surface area (Å²) < 4.78 is 10.6. The van der Waals surface area contributed by atoms with Gasteiger partial charge in [0.25, 0.3) is 0 Å². The Morgan fingerprint density at radius 2 is 2.09 bits per heavy atom. The van der Waals surface area contributed by atoms with Gasteiger partial charge < -0.3 is 9.26 Å². The monoisotopic (exact) mass is 321 g/mol. The average Bonchev–Trinajstić information content (AvgIpc) is 2.93. The molecule has 0 unspecified atom stereocenters. The van der Waals surface area contributed by atoms with Crippen LogP contribution in [-0.4, -0.2) is 48.3 Å². The number of likely N-dealkylation sites (tertiary alicyclic amines) is 1. The highest BCUT2D eigenvalue weighted by Crippen LogP contribution is 2.26. The van der Waals surface area contributed by atoms with Gasteiger partial charge in [-0.2, -0.15) is 0 Å². The zero-order valence-electron chi connectivity index (χ0n) is 14.3. The minimum absolute atomic E-state index is 0.0138. The molecule has 2 fully saturated rings. The molecule has 0 aromatic carbocycles. The molecule has 1 amide bonds. The second kappa shape index (κ2) is 6.61. The standard InChI is InChI=1S/C17H27N3O3/c1-17(2,3)14-10-15(23-19-14)18-16(21)13-4-7-20(13)11-12-5-8-22-9-6-12/h10,12-13H,4-9,11H2,1-3H3,(H,18,21)/t13-/m0/s1. The van der Waals surface area contributed by atoms with Crippen molar-refractivity contribution in [2.75, 3.05) is 31.6 Å². The molecule has 2 aliphatic heterocycles. The number of carbonyl (C=O) groups is 1. The molecular weight excluding hydrogens is 294 g/mol. The molecule has 0 spiro atoms. The number of nitrogens with one attached hydrogen (secondary N) is 1. The number of rotatable bonds is 4. The first-order chi connectivity index (χ1) is 10.9. The maximum atomic E-state index is 12.4. The van der Waals surface area contributed by atoms with E-state index in [-0.39, 0.29) is 17.4 Å². The third-order valence-electron chi connectivity index (χ3n) is 4.79. The highest BCUT2D eigenvalue weighted by molar-refractivity contribution is 5.94. The van der Waals surface area contributed by atoms with Crippen LogP contribution in [0.4, 0.5) is 5.88 Å². The first-order valence-electron chi connectivity index (χ1n) is 8.53. The summed E-state index contributed by atoms with van der Waals surface area (Å²) in [5, 5.41) is 6.91. The van der Waals surface area contributed by atoms with Crippen molar-refractivity contribution in [3.63, 3.8) is 0 Å². The van der Waals surface area contributed by atoms with Gasteiger partial charge in [-0.15, -0.1) is 0 Å². The summed E-state index contributed by atoms with van der Waals surface area (Å²) >= 11 is 0. The summed E-state index contributed by atoms with van der Waals surface area (Å²) in [6, 6.07) is 1.78. The van der Waals surface area contributed by atoms with Crippen molar-refractivity contribution in [3.8, 4) is 0 Å². The van der Waals surface area contributed by atoms with Gasteiger partial charge in [0.2, 0.25) is 11.8 Å². The minimum Gasteiger partial charge on any atom is -0.381 e. The van der Waals surface area contributed by atoms with Crippen LogP contribution in [0.15, 0.2) is 10.6 Å². The molecule has 1 aromatic heterocycles. The molecule has 1 atom stereocenters. The molecule has 1 aromatic rings. The molecule has 3 heterocycles. The van der Waals surface area contributed by atoms with Gasteiger partial charge >= 0.3 is 0 Å². The SMILES string of the molecule is CC(C)(C)c1cc(NC(=O)[C@@H]2CCN2CC2CCOCC2)on1. The van der Waals surface area contributed by atoms with Crippen molar-refractivity contribution < 1.29 is 14.1 Å². The Kier molecular flexibility index (Phi) is 4.73. The molecule has 0 aliphatic carbocycles. The van der Waals surface area contributed by atoms with Crippen LogP contribution in [0.5, 0.6) is 0 Å². The van der Waals surface area contributed by atoms with Crippen LogP contribution in [0.2, 0.25) is 0 Å². The summed E-state index contributed by atoms with van der Waals surface area (Å²) in [4.78, 5) is 14.7. The fourth-order valence-electron chi connectivity index (χ4n) is 3.11. The van der Waals surface area contributed by atoms with E-state index in [9.17, 15) is 4.79 Å². The molecular formula is C17H27N3O3. The highest BCUT2D eigenvalue weighted by Gasteiger charge is 2.36. The van der Waals surface area contributed by atoms with Gasteiger partial charge in [-0.05, 0) is 25.2 Å². The zero-order valence-corrected chi connectivity index (χ0v) is 14.3. The van der Waals surface area contributed by atoms with E-state index in [0.29, 0.717) is 11.8 Å². The lowest BCUT2D eigenvalue weighted by Gasteiger charge is -2.42. The maximum Gasteiger partial charge on any atom is 0.244 e. The minimum atomic E-state index is -0.0853. The lowest BCUT2D eigenvalue weighted by Crippen LogP contribution is -2.55. The van der Waals surface area contributed by atoms with Crippen LogP contribution in [0.1, 0.15) is 45.7 Å². The Labute approximate surface area is 137 Å². The van der Waals surface area contributed by atoms with Crippen LogP contribution in [-0.2, 0) is 14.9 Å². The van der Waals surface area contributed by atoms with E-state index in [1.54, 1.807) is 0 Å². The predicted molar refractivity (Wildman–Crippen MR) is 87.4 cm³/mol. The van der Waals surface area contributed by atoms with Crippen molar-refractivity contribution in [2.45, 2.75) is 51.5 Å². The molecule has 1 N–H and O–H groups in total. The predicted octanol–water partition coefficient (Wildman–Crippen LogP) is 2.41. The molecule has 6 nitrogen and oxygen atoms in total. The molecule has 0 saturated carbocycles. The Balaban J connectivity index is 1.52. The number of ether oxygens (including phenoxy) is 1. The van der Waals surface area contributed by atoms with Gasteiger partial charge in [0.1, 0.15) is 0 Å². The van der Waals surface area contributed by atoms with Crippen LogP contribution in [0.3, 0.4) is 0 Å².